The smallest absolute Gasteiger partial charge is 0.119 e. The topological polar surface area (TPSA) is 44.5 Å². The Bertz CT molecular complexity index is 371. The summed E-state index contributed by atoms with van der Waals surface area (Å²) in [5, 5.41) is 0. The van der Waals surface area contributed by atoms with E-state index < -0.39 is 0 Å². The molecule has 1 heterocycles. The molecule has 0 aromatic heterocycles. The molecule has 2 atom stereocenters. The monoisotopic (exact) mass is 277 g/mol. The number of hydrogen-bond donors (Lipinski definition) is 1. The maximum Gasteiger partial charge on any atom is 0.119 e. The number of rotatable bonds is 8. The zero-order valence-corrected chi connectivity index (χ0v) is 12.5. The number of nitrogens with two attached hydrogens (primary N) is 1. The fraction of sp³-hybridized carbons (Fsp3) is 0.647. The van der Waals surface area contributed by atoms with Crippen LogP contribution in [0.1, 0.15) is 44.6 Å². The second-order valence-electron chi connectivity index (χ2n) is 5.62. The highest BCUT2D eigenvalue weighted by atomic mass is 16.5. The predicted octanol–water partition coefficient (Wildman–Crippen LogP) is 3.30. The van der Waals surface area contributed by atoms with Gasteiger partial charge in [0, 0.05) is 12.6 Å². The molecule has 2 unspecified atom stereocenters. The maximum atomic E-state index is 6.21. The molecule has 3 nitrogen and oxygen atoms in total. The standard InChI is InChI=1S/C17H27NO2/c1-2-3-4-11-19-15-9-7-14(8-10-15)13-16(18)17-6-5-12-20-17/h7-10,16-17H,2-6,11-13,18H2,1H3. The Morgan fingerprint density at radius 2 is 2.10 bits per heavy atom. The lowest BCUT2D eigenvalue weighted by atomic mass is 10.0. The summed E-state index contributed by atoms with van der Waals surface area (Å²) in [6.07, 6.45) is 6.93. The van der Waals surface area contributed by atoms with Crippen molar-refractivity contribution in [3.63, 3.8) is 0 Å². The predicted molar refractivity (Wildman–Crippen MR) is 82.1 cm³/mol. The van der Waals surface area contributed by atoms with Crippen LogP contribution in [0.25, 0.3) is 0 Å². The van der Waals surface area contributed by atoms with E-state index in [0.29, 0.717) is 0 Å². The van der Waals surface area contributed by atoms with Crippen LogP contribution in [0.4, 0.5) is 0 Å². The summed E-state index contributed by atoms with van der Waals surface area (Å²) in [5.41, 5.74) is 7.46. The van der Waals surface area contributed by atoms with E-state index in [1.54, 1.807) is 0 Å². The Morgan fingerprint density at radius 1 is 1.30 bits per heavy atom. The van der Waals surface area contributed by atoms with Gasteiger partial charge in [-0.2, -0.15) is 0 Å². The molecule has 1 aliphatic rings. The first-order chi connectivity index (χ1) is 9.79. The summed E-state index contributed by atoms with van der Waals surface area (Å²) in [6, 6.07) is 8.43. The van der Waals surface area contributed by atoms with Crippen LogP contribution >= 0.6 is 0 Å². The van der Waals surface area contributed by atoms with Crippen molar-refractivity contribution >= 4 is 0 Å². The van der Waals surface area contributed by atoms with E-state index >= 15 is 0 Å². The fourth-order valence-electron chi connectivity index (χ4n) is 2.61. The molecule has 1 aliphatic heterocycles. The molecule has 20 heavy (non-hydrogen) atoms. The van der Waals surface area contributed by atoms with Gasteiger partial charge in [-0.05, 0) is 43.4 Å². The lowest BCUT2D eigenvalue weighted by molar-refractivity contribution is 0.0900. The number of benzene rings is 1. The van der Waals surface area contributed by atoms with Crippen molar-refractivity contribution in [1.29, 1.82) is 0 Å². The lowest BCUT2D eigenvalue weighted by Crippen LogP contribution is -2.36. The normalized spacial score (nSPS) is 20.0. The Kier molecular flexibility index (Phi) is 6.34. The van der Waals surface area contributed by atoms with Gasteiger partial charge in [0.1, 0.15) is 5.75 Å². The Hall–Kier alpha value is -1.06. The Labute approximate surface area is 122 Å². The molecule has 112 valence electrons. The summed E-state index contributed by atoms with van der Waals surface area (Å²) in [6.45, 7) is 3.87. The largest absolute Gasteiger partial charge is 0.494 e. The van der Waals surface area contributed by atoms with Crippen molar-refractivity contribution in [2.45, 2.75) is 57.6 Å². The van der Waals surface area contributed by atoms with Gasteiger partial charge in [0.2, 0.25) is 0 Å². The van der Waals surface area contributed by atoms with Gasteiger partial charge in [-0.15, -0.1) is 0 Å². The summed E-state index contributed by atoms with van der Waals surface area (Å²) < 4.78 is 11.3. The second-order valence-corrected chi connectivity index (χ2v) is 5.62. The van der Waals surface area contributed by atoms with Gasteiger partial charge in [-0.3, -0.25) is 0 Å². The highest BCUT2D eigenvalue weighted by molar-refractivity contribution is 5.27. The van der Waals surface area contributed by atoms with Gasteiger partial charge in [0.15, 0.2) is 0 Å². The molecule has 0 radical (unpaired) electrons. The Balaban J connectivity index is 1.75. The van der Waals surface area contributed by atoms with Gasteiger partial charge in [0.25, 0.3) is 0 Å². The SMILES string of the molecule is CCCCCOc1ccc(CC(N)C2CCCO2)cc1. The van der Waals surface area contributed by atoms with Crippen LogP contribution in [-0.4, -0.2) is 25.4 Å². The van der Waals surface area contributed by atoms with Gasteiger partial charge in [0.05, 0.1) is 12.7 Å². The number of hydrogen-bond acceptors (Lipinski definition) is 3. The summed E-state index contributed by atoms with van der Waals surface area (Å²) >= 11 is 0. The minimum Gasteiger partial charge on any atom is -0.494 e. The third kappa shape index (κ3) is 4.80. The molecule has 3 heteroatoms. The van der Waals surface area contributed by atoms with Crippen molar-refractivity contribution in [2.24, 2.45) is 5.73 Å². The van der Waals surface area contributed by atoms with Crippen molar-refractivity contribution in [3.8, 4) is 5.75 Å². The molecule has 1 saturated heterocycles. The van der Waals surface area contributed by atoms with Gasteiger partial charge < -0.3 is 15.2 Å². The highest BCUT2D eigenvalue weighted by Gasteiger charge is 2.22. The summed E-state index contributed by atoms with van der Waals surface area (Å²) in [7, 11) is 0. The first-order valence-corrected chi connectivity index (χ1v) is 7.88. The molecule has 2 rings (SSSR count). The highest BCUT2D eigenvalue weighted by Crippen LogP contribution is 2.19. The molecule has 1 aromatic carbocycles. The third-order valence-corrected chi connectivity index (χ3v) is 3.85. The van der Waals surface area contributed by atoms with E-state index in [1.807, 2.05) is 12.1 Å². The van der Waals surface area contributed by atoms with E-state index in [2.05, 4.69) is 19.1 Å². The van der Waals surface area contributed by atoms with Crippen molar-refractivity contribution in [2.75, 3.05) is 13.2 Å². The minimum absolute atomic E-state index is 0.105. The maximum absolute atomic E-state index is 6.21. The van der Waals surface area contributed by atoms with Crippen LogP contribution in [-0.2, 0) is 11.2 Å². The first-order valence-electron chi connectivity index (χ1n) is 7.88. The zero-order valence-electron chi connectivity index (χ0n) is 12.5. The minimum atomic E-state index is 0.105. The van der Waals surface area contributed by atoms with Crippen molar-refractivity contribution < 1.29 is 9.47 Å². The van der Waals surface area contributed by atoms with E-state index in [9.17, 15) is 0 Å². The van der Waals surface area contributed by atoms with Crippen LogP contribution in [0, 0.1) is 0 Å². The number of unbranched alkanes of at least 4 members (excludes halogenated alkanes) is 2. The van der Waals surface area contributed by atoms with E-state index in [0.717, 1.165) is 44.6 Å². The van der Waals surface area contributed by atoms with Gasteiger partial charge >= 0.3 is 0 Å². The molecule has 1 aromatic rings. The van der Waals surface area contributed by atoms with Gasteiger partial charge in [-0.1, -0.05) is 31.9 Å². The van der Waals surface area contributed by atoms with E-state index in [-0.39, 0.29) is 12.1 Å². The first kappa shape index (κ1) is 15.3. The number of ether oxygens (including phenoxy) is 2. The second kappa shape index (κ2) is 8.28. The molecular formula is C17H27NO2. The molecular weight excluding hydrogens is 250 g/mol. The summed E-state index contributed by atoms with van der Waals surface area (Å²) in [4.78, 5) is 0. The van der Waals surface area contributed by atoms with Gasteiger partial charge in [-0.25, -0.2) is 0 Å². The molecule has 0 bridgehead atoms. The molecule has 0 spiro atoms. The zero-order chi connectivity index (χ0) is 14.2. The van der Waals surface area contributed by atoms with Crippen molar-refractivity contribution in [1.82, 2.24) is 0 Å². The van der Waals surface area contributed by atoms with Crippen LogP contribution in [0.15, 0.2) is 24.3 Å². The lowest BCUT2D eigenvalue weighted by Gasteiger charge is -2.18. The molecule has 0 aliphatic carbocycles. The van der Waals surface area contributed by atoms with Crippen molar-refractivity contribution in [3.05, 3.63) is 29.8 Å². The molecule has 1 fully saturated rings. The third-order valence-electron chi connectivity index (χ3n) is 3.85. The fourth-order valence-corrected chi connectivity index (χ4v) is 2.61. The molecule has 2 N–H and O–H groups in total. The van der Waals surface area contributed by atoms with E-state index in [4.69, 9.17) is 15.2 Å². The molecule has 0 amide bonds. The van der Waals surface area contributed by atoms with Crippen LogP contribution in [0.5, 0.6) is 5.75 Å². The molecule has 0 saturated carbocycles. The van der Waals surface area contributed by atoms with Crippen LogP contribution < -0.4 is 10.5 Å². The van der Waals surface area contributed by atoms with E-state index in [1.165, 1.54) is 18.4 Å². The average molecular weight is 277 g/mol. The van der Waals surface area contributed by atoms with Crippen LogP contribution in [0.2, 0.25) is 0 Å². The average Bonchev–Trinajstić information content (AvgIpc) is 3.00. The van der Waals surface area contributed by atoms with Crippen LogP contribution in [0.3, 0.4) is 0 Å². The quantitative estimate of drug-likeness (QED) is 0.741. The Morgan fingerprint density at radius 3 is 2.75 bits per heavy atom. The summed E-state index contributed by atoms with van der Waals surface area (Å²) in [5.74, 6) is 0.954.